The fourth-order valence-electron chi connectivity index (χ4n) is 3.19. The second-order valence-corrected chi connectivity index (χ2v) is 6.14. The maximum atomic E-state index is 11.5. The van der Waals surface area contributed by atoms with Crippen molar-refractivity contribution in [2.45, 2.75) is 33.2 Å². The molecule has 0 saturated carbocycles. The van der Waals surface area contributed by atoms with Gasteiger partial charge in [0.1, 0.15) is 5.56 Å². The molecular weight excluding hydrogens is 266 g/mol. The summed E-state index contributed by atoms with van der Waals surface area (Å²) in [6.07, 6.45) is 6.24. The van der Waals surface area contributed by atoms with Crippen LogP contribution in [-0.4, -0.2) is 38.4 Å². The molecule has 1 aliphatic heterocycles. The zero-order valence-electron chi connectivity index (χ0n) is 12.5. The van der Waals surface area contributed by atoms with E-state index in [2.05, 4.69) is 16.8 Å². The van der Waals surface area contributed by atoms with E-state index >= 15 is 0 Å². The van der Waals surface area contributed by atoms with Gasteiger partial charge in [-0.25, -0.2) is 9.78 Å². The van der Waals surface area contributed by atoms with E-state index in [0.717, 1.165) is 36.8 Å². The molecule has 0 aliphatic carbocycles. The molecule has 3 rings (SSSR count). The van der Waals surface area contributed by atoms with E-state index in [-0.39, 0.29) is 5.56 Å². The molecule has 1 saturated heterocycles. The number of likely N-dealkylation sites (tertiary alicyclic amines) is 1. The van der Waals surface area contributed by atoms with Gasteiger partial charge in [0.2, 0.25) is 0 Å². The Balaban J connectivity index is 1.94. The number of aryl methyl sites for hydroxylation is 1. The van der Waals surface area contributed by atoms with Gasteiger partial charge in [0.25, 0.3) is 0 Å². The number of fused-ring (bicyclic) bond motifs is 1. The number of nitrogens with zero attached hydrogens (tertiary/aromatic N) is 3. The highest BCUT2D eigenvalue weighted by Gasteiger charge is 2.18. The summed E-state index contributed by atoms with van der Waals surface area (Å²) in [4.78, 5) is 18.1. The lowest BCUT2D eigenvalue weighted by Crippen LogP contribution is -2.33. The molecular formula is C16H21N3O2. The molecule has 0 spiro atoms. The highest BCUT2D eigenvalue weighted by atomic mass is 16.4. The van der Waals surface area contributed by atoms with Crippen LogP contribution in [0.3, 0.4) is 0 Å². The molecule has 1 atom stereocenters. The maximum absolute atomic E-state index is 11.5. The van der Waals surface area contributed by atoms with Crippen LogP contribution in [0.1, 0.15) is 41.4 Å². The van der Waals surface area contributed by atoms with E-state index in [9.17, 15) is 9.90 Å². The van der Waals surface area contributed by atoms with E-state index < -0.39 is 5.97 Å². The van der Waals surface area contributed by atoms with Crippen molar-refractivity contribution >= 4 is 11.6 Å². The summed E-state index contributed by atoms with van der Waals surface area (Å²) < 4.78 is 1.88. The number of carbonyl (C=O) groups is 1. The Hall–Kier alpha value is -1.88. The van der Waals surface area contributed by atoms with Gasteiger partial charge in [0.05, 0.1) is 0 Å². The Morgan fingerprint density at radius 2 is 2.33 bits per heavy atom. The van der Waals surface area contributed by atoms with Crippen molar-refractivity contribution < 1.29 is 9.90 Å². The molecule has 2 aromatic rings. The molecule has 112 valence electrons. The predicted octanol–water partition coefficient (Wildman–Crippen LogP) is 2.57. The summed E-state index contributed by atoms with van der Waals surface area (Å²) in [7, 11) is 0. The molecule has 1 aliphatic rings. The number of piperidine rings is 1. The molecule has 5 nitrogen and oxygen atoms in total. The van der Waals surface area contributed by atoms with Crippen LogP contribution in [-0.2, 0) is 6.54 Å². The Labute approximate surface area is 124 Å². The summed E-state index contributed by atoms with van der Waals surface area (Å²) in [6.45, 7) is 7.20. The average molecular weight is 287 g/mol. The maximum Gasteiger partial charge on any atom is 0.339 e. The van der Waals surface area contributed by atoms with Gasteiger partial charge in [-0.15, -0.1) is 0 Å². The van der Waals surface area contributed by atoms with Crippen LogP contribution < -0.4 is 0 Å². The number of rotatable bonds is 3. The van der Waals surface area contributed by atoms with Crippen molar-refractivity contribution in [3.8, 4) is 0 Å². The minimum Gasteiger partial charge on any atom is -0.478 e. The molecule has 0 unspecified atom stereocenters. The zero-order valence-corrected chi connectivity index (χ0v) is 12.5. The van der Waals surface area contributed by atoms with Crippen LogP contribution in [0.15, 0.2) is 18.5 Å². The van der Waals surface area contributed by atoms with Gasteiger partial charge in [0, 0.05) is 31.2 Å². The van der Waals surface area contributed by atoms with E-state index in [1.54, 1.807) is 12.3 Å². The SMILES string of the molecule is Cc1cnc2c(C(=O)O)cc(CN3CCC[C@H](C)C3)cn12. The molecule has 2 aromatic heterocycles. The van der Waals surface area contributed by atoms with Gasteiger partial charge < -0.3 is 9.51 Å². The molecule has 21 heavy (non-hydrogen) atoms. The largest absolute Gasteiger partial charge is 0.478 e. The van der Waals surface area contributed by atoms with Crippen LogP contribution in [0, 0.1) is 12.8 Å². The number of aromatic carboxylic acids is 1. The number of hydrogen-bond donors (Lipinski definition) is 1. The second-order valence-electron chi connectivity index (χ2n) is 6.14. The fourth-order valence-corrected chi connectivity index (χ4v) is 3.19. The van der Waals surface area contributed by atoms with Gasteiger partial charge >= 0.3 is 5.97 Å². The lowest BCUT2D eigenvalue weighted by molar-refractivity contribution is 0.0698. The third kappa shape index (κ3) is 2.78. The van der Waals surface area contributed by atoms with Crippen LogP contribution in [0.2, 0.25) is 0 Å². The minimum atomic E-state index is -0.917. The number of imidazole rings is 1. The highest BCUT2D eigenvalue weighted by molar-refractivity contribution is 5.94. The van der Waals surface area contributed by atoms with Gasteiger partial charge in [-0.3, -0.25) is 4.90 Å². The molecule has 0 radical (unpaired) electrons. The number of carboxylic acids is 1. The van der Waals surface area contributed by atoms with Crippen LogP contribution >= 0.6 is 0 Å². The molecule has 1 fully saturated rings. The van der Waals surface area contributed by atoms with Crippen LogP contribution in [0.5, 0.6) is 0 Å². The van der Waals surface area contributed by atoms with Gasteiger partial charge in [-0.1, -0.05) is 6.92 Å². The highest BCUT2D eigenvalue weighted by Crippen LogP contribution is 2.20. The number of aromatic nitrogens is 2. The van der Waals surface area contributed by atoms with Crippen molar-refractivity contribution in [1.82, 2.24) is 14.3 Å². The monoisotopic (exact) mass is 287 g/mol. The summed E-state index contributed by atoms with van der Waals surface area (Å²) in [5.41, 5.74) is 2.80. The van der Waals surface area contributed by atoms with Gasteiger partial charge in [-0.2, -0.15) is 0 Å². The second kappa shape index (κ2) is 5.48. The average Bonchev–Trinajstić information content (AvgIpc) is 2.80. The van der Waals surface area contributed by atoms with Gasteiger partial charge in [0.15, 0.2) is 5.65 Å². The van der Waals surface area contributed by atoms with Crippen molar-refractivity contribution in [3.63, 3.8) is 0 Å². The van der Waals surface area contributed by atoms with E-state index in [4.69, 9.17) is 0 Å². The molecule has 1 N–H and O–H groups in total. The van der Waals surface area contributed by atoms with Crippen molar-refractivity contribution in [3.05, 3.63) is 35.3 Å². The topological polar surface area (TPSA) is 57.8 Å². The van der Waals surface area contributed by atoms with Gasteiger partial charge in [-0.05, 0) is 43.9 Å². The number of pyridine rings is 1. The smallest absolute Gasteiger partial charge is 0.339 e. The Kier molecular flexibility index (Phi) is 3.68. The molecule has 0 aromatic carbocycles. The first-order valence-electron chi connectivity index (χ1n) is 7.47. The molecule has 0 bridgehead atoms. The van der Waals surface area contributed by atoms with Crippen LogP contribution in [0.25, 0.3) is 5.65 Å². The standard InChI is InChI=1S/C16H21N3O2/c1-11-4-3-5-18(8-11)9-13-6-14(16(20)21)15-17-7-12(2)19(15)10-13/h6-7,10-11H,3-5,8-9H2,1-2H3,(H,20,21)/t11-/m0/s1. The lowest BCUT2D eigenvalue weighted by Gasteiger charge is -2.30. The summed E-state index contributed by atoms with van der Waals surface area (Å²) in [5.74, 6) is -0.198. The normalized spacial score (nSPS) is 20.0. The fraction of sp³-hybridized carbons (Fsp3) is 0.500. The van der Waals surface area contributed by atoms with Crippen molar-refractivity contribution in [2.75, 3.05) is 13.1 Å². The lowest BCUT2D eigenvalue weighted by atomic mass is 10.00. The summed E-state index contributed by atoms with van der Waals surface area (Å²) >= 11 is 0. The first kappa shape index (κ1) is 14.1. The number of carboxylic acid groups (broad SMARTS) is 1. The predicted molar refractivity (Wildman–Crippen MR) is 80.6 cm³/mol. The molecule has 0 amide bonds. The number of hydrogen-bond acceptors (Lipinski definition) is 3. The Morgan fingerprint density at radius 1 is 1.52 bits per heavy atom. The summed E-state index contributed by atoms with van der Waals surface area (Å²) in [5, 5.41) is 9.40. The van der Waals surface area contributed by atoms with E-state index in [0.29, 0.717) is 5.65 Å². The van der Waals surface area contributed by atoms with E-state index in [1.165, 1.54) is 12.8 Å². The quantitative estimate of drug-likeness (QED) is 0.942. The third-order valence-corrected chi connectivity index (χ3v) is 4.23. The van der Waals surface area contributed by atoms with E-state index in [1.807, 2.05) is 17.5 Å². The van der Waals surface area contributed by atoms with Crippen molar-refractivity contribution in [1.29, 1.82) is 0 Å². The first-order chi connectivity index (χ1) is 10.0. The third-order valence-electron chi connectivity index (χ3n) is 4.23. The Bertz CT molecular complexity index is 677. The molecule has 3 heterocycles. The van der Waals surface area contributed by atoms with Crippen molar-refractivity contribution in [2.24, 2.45) is 5.92 Å². The minimum absolute atomic E-state index is 0.283. The van der Waals surface area contributed by atoms with Crippen LogP contribution in [0.4, 0.5) is 0 Å². The first-order valence-corrected chi connectivity index (χ1v) is 7.47. The zero-order chi connectivity index (χ0) is 15.0. The Morgan fingerprint density at radius 3 is 3.05 bits per heavy atom. The summed E-state index contributed by atoms with van der Waals surface area (Å²) in [6, 6.07) is 1.77. The molecule has 5 heteroatoms.